The Labute approximate surface area is 195 Å². The molecule has 1 amide bonds. The van der Waals surface area contributed by atoms with Crippen molar-refractivity contribution in [3.8, 4) is 11.5 Å². The molecule has 10 heteroatoms. The van der Waals surface area contributed by atoms with Crippen molar-refractivity contribution >= 4 is 34.4 Å². The predicted molar refractivity (Wildman–Crippen MR) is 130 cm³/mol. The number of carbonyl (C=O) groups excluding carboxylic acids is 1. The molecule has 1 aromatic carbocycles. The van der Waals surface area contributed by atoms with Crippen molar-refractivity contribution in [1.29, 1.82) is 0 Å². The Hall–Kier alpha value is -3.27. The number of nitrogens with one attached hydrogen (secondary N) is 1. The topological polar surface area (TPSA) is 104 Å². The maximum atomic E-state index is 13.0. The molecule has 0 unspecified atom stereocenters. The van der Waals surface area contributed by atoms with Gasteiger partial charge in [0.25, 0.3) is 5.56 Å². The molecule has 0 spiro atoms. The summed E-state index contributed by atoms with van der Waals surface area (Å²) in [7, 11) is 6.09. The third-order valence-corrected chi connectivity index (χ3v) is 6.30. The fourth-order valence-corrected chi connectivity index (χ4v) is 4.53. The lowest BCUT2D eigenvalue weighted by molar-refractivity contribution is -0.113. The number of benzene rings is 1. The van der Waals surface area contributed by atoms with Gasteiger partial charge in [0.1, 0.15) is 5.65 Å². The van der Waals surface area contributed by atoms with Gasteiger partial charge in [0.2, 0.25) is 5.91 Å². The molecule has 0 radical (unpaired) electrons. The number of amides is 1. The van der Waals surface area contributed by atoms with Gasteiger partial charge in [0.15, 0.2) is 11.5 Å². The molecule has 0 aliphatic rings. The van der Waals surface area contributed by atoms with E-state index in [0.29, 0.717) is 45.5 Å². The molecule has 176 valence electrons. The van der Waals surface area contributed by atoms with E-state index in [1.807, 2.05) is 0 Å². The van der Waals surface area contributed by atoms with Crippen LogP contribution in [0.15, 0.2) is 38.9 Å². The van der Waals surface area contributed by atoms with Crippen molar-refractivity contribution in [3.63, 3.8) is 0 Å². The van der Waals surface area contributed by atoms with E-state index in [1.54, 1.807) is 38.6 Å². The van der Waals surface area contributed by atoms with Crippen LogP contribution in [-0.4, -0.2) is 40.0 Å². The van der Waals surface area contributed by atoms with E-state index >= 15 is 0 Å². The number of fused-ring (bicyclic) bond motifs is 1. The molecule has 0 bridgehead atoms. The maximum absolute atomic E-state index is 13.0. The molecule has 9 nitrogen and oxygen atoms in total. The highest BCUT2D eigenvalue weighted by Crippen LogP contribution is 2.31. The Bertz CT molecular complexity index is 1310. The van der Waals surface area contributed by atoms with Gasteiger partial charge in [0.05, 0.1) is 25.4 Å². The fourth-order valence-electron chi connectivity index (χ4n) is 3.54. The van der Waals surface area contributed by atoms with E-state index < -0.39 is 11.2 Å². The molecule has 3 aromatic rings. The fraction of sp³-hybridized carbons (Fsp3) is 0.391. The number of aryl methyl sites for hydroxylation is 1. The molecule has 33 heavy (non-hydrogen) atoms. The summed E-state index contributed by atoms with van der Waals surface area (Å²) in [5.41, 5.74) is 0.877. The Morgan fingerprint density at radius 2 is 1.82 bits per heavy atom. The zero-order chi connectivity index (χ0) is 24.3. The van der Waals surface area contributed by atoms with E-state index in [0.717, 1.165) is 10.1 Å². The second-order valence-electron chi connectivity index (χ2n) is 8.02. The van der Waals surface area contributed by atoms with E-state index in [1.165, 1.54) is 30.5 Å². The van der Waals surface area contributed by atoms with E-state index in [-0.39, 0.29) is 11.7 Å². The molecule has 2 heterocycles. The highest BCUT2D eigenvalue weighted by Gasteiger charge is 2.19. The van der Waals surface area contributed by atoms with Gasteiger partial charge in [-0.3, -0.25) is 18.7 Å². The summed E-state index contributed by atoms with van der Waals surface area (Å²) < 4.78 is 12.9. The van der Waals surface area contributed by atoms with Crippen LogP contribution in [0.25, 0.3) is 11.0 Å². The molecule has 0 fully saturated rings. The molecule has 3 rings (SSSR count). The zero-order valence-electron chi connectivity index (χ0n) is 19.6. The van der Waals surface area contributed by atoms with Crippen molar-refractivity contribution in [2.24, 2.45) is 20.0 Å². The molecule has 0 aliphatic heterocycles. The Morgan fingerprint density at radius 3 is 2.45 bits per heavy atom. The lowest BCUT2D eigenvalue weighted by Gasteiger charge is -2.15. The predicted octanol–water partition coefficient (Wildman–Crippen LogP) is 2.58. The van der Waals surface area contributed by atoms with Crippen LogP contribution in [-0.2, 0) is 25.3 Å². The minimum absolute atomic E-state index is 0.0740. The van der Waals surface area contributed by atoms with E-state index in [2.05, 4.69) is 24.1 Å². The number of aromatic nitrogens is 3. The number of anilines is 1. The SMILES string of the molecule is COc1ccc(NC(=O)CSc2c(CC(C)C)cnc3c2c(=O)n(C)c(=O)n3C)cc1OC. The quantitative estimate of drug-likeness (QED) is 0.503. The standard InChI is InChI=1S/C23H28N4O5S/c1-13(2)9-14-11-24-21-19(22(29)27(4)23(30)26(21)3)20(14)33-12-18(28)25-15-7-8-16(31-5)17(10-15)32-6/h7-8,10-11,13H,9,12H2,1-6H3,(H,25,28). The number of ether oxygens (including phenoxy) is 2. The van der Waals surface area contributed by atoms with Gasteiger partial charge in [0, 0.05) is 36.9 Å². The van der Waals surface area contributed by atoms with Crippen LogP contribution in [0.1, 0.15) is 19.4 Å². The number of nitrogens with zero attached hydrogens (tertiary/aromatic N) is 3. The molecule has 2 aromatic heterocycles. The number of methoxy groups -OCH3 is 2. The maximum Gasteiger partial charge on any atom is 0.332 e. The first-order valence-electron chi connectivity index (χ1n) is 10.4. The molecule has 0 saturated carbocycles. The normalized spacial score (nSPS) is 11.1. The Kier molecular flexibility index (Phi) is 7.47. The third-order valence-electron chi connectivity index (χ3n) is 5.14. The van der Waals surface area contributed by atoms with Crippen LogP contribution in [0.5, 0.6) is 11.5 Å². The number of carbonyl (C=O) groups is 1. The summed E-state index contributed by atoms with van der Waals surface area (Å²) in [5, 5.41) is 3.19. The minimum atomic E-state index is -0.446. The molecular weight excluding hydrogens is 444 g/mol. The largest absolute Gasteiger partial charge is 0.493 e. The first kappa shape index (κ1) is 24.4. The van der Waals surface area contributed by atoms with Crippen molar-refractivity contribution in [3.05, 3.63) is 50.8 Å². The van der Waals surface area contributed by atoms with Gasteiger partial charge in [-0.2, -0.15) is 0 Å². The first-order valence-corrected chi connectivity index (χ1v) is 11.4. The van der Waals surface area contributed by atoms with Crippen molar-refractivity contribution < 1.29 is 14.3 Å². The van der Waals surface area contributed by atoms with Crippen LogP contribution in [0.2, 0.25) is 0 Å². The van der Waals surface area contributed by atoms with Gasteiger partial charge in [-0.05, 0) is 30.0 Å². The monoisotopic (exact) mass is 472 g/mol. The second-order valence-corrected chi connectivity index (χ2v) is 9.01. The first-order chi connectivity index (χ1) is 15.7. The average Bonchev–Trinajstić information content (AvgIpc) is 2.79. The van der Waals surface area contributed by atoms with Crippen molar-refractivity contribution in [2.45, 2.75) is 25.2 Å². The summed E-state index contributed by atoms with van der Waals surface area (Å²) in [4.78, 5) is 43.1. The summed E-state index contributed by atoms with van der Waals surface area (Å²) in [6, 6.07) is 5.11. The van der Waals surface area contributed by atoms with Gasteiger partial charge >= 0.3 is 5.69 Å². The van der Waals surface area contributed by atoms with Gasteiger partial charge in [-0.1, -0.05) is 13.8 Å². The van der Waals surface area contributed by atoms with Crippen LogP contribution in [0, 0.1) is 5.92 Å². The number of rotatable bonds is 8. The lowest BCUT2D eigenvalue weighted by Crippen LogP contribution is -2.37. The summed E-state index contributed by atoms with van der Waals surface area (Å²) in [6.45, 7) is 4.14. The minimum Gasteiger partial charge on any atom is -0.493 e. The van der Waals surface area contributed by atoms with E-state index in [4.69, 9.17) is 9.47 Å². The smallest absolute Gasteiger partial charge is 0.332 e. The molecule has 1 N–H and O–H groups in total. The van der Waals surface area contributed by atoms with Crippen LogP contribution >= 0.6 is 11.8 Å². The number of hydrogen-bond acceptors (Lipinski definition) is 7. The van der Waals surface area contributed by atoms with Gasteiger partial charge in [-0.25, -0.2) is 9.78 Å². The Balaban J connectivity index is 1.95. The molecule has 0 saturated heterocycles. The molecule has 0 atom stereocenters. The van der Waals surface area contributed by atoms with Gasteiger partial charge < -0.3 is 14.8 Å². The third kappa shape index (κ3) is 5.05. The average molecular weight is 473 g/mol. The zero-order valence-corrected chi connectivity index (χ0v) is 20.4. The van der Waals surface area contributed by atoms with Crippen molar-refractivity contribution in [1.82, 2.24) is 14.1 Å². The summed E-state index contributed by atoms with van der Waals surface area (Å²) in [5.74, 6) is 1.22. The molecular formula is C23H28N4O5S. The van der Waals surface area contributed by atoms with Crippen LogP contribution < -0.4 is 26.0 Å². The second kappa shape index (κ2) is 10.1. The highest BCUT2D eigenvalue weighted by molar-refractivity contribution is 8.00. The lowest BCUT2D eigenvalue weighted by atomic mass is 10.0. The van der Waals surface area contributed by atoms with Crippen LogP contribution in [0.3, 0.4) is 0 Å². The highest BCUT2D eigenvalue weighted by atomic mass is 32.2. The van der Waals surface area contributed by atoms with Crippen LogP contribution in [0.4, 0.5) is 5.69 Å². The van der Waals surface area contributed by atoms with E-state index in [9.17, 15) is 14.4 Å². The van der Waals surface area contributed by atoms with Gasteiger partial charge in [-0.15, -0.1) is 11.8 Å². The number of hydrogen-bond donors (Lipinski definition) is 1. The Morgan fingerprint density at radius 1 is 1.12 bits per heavy atom. The number of thioether (sulfide) groups is 1. The number of pyridine rings is 1. The van der Waals surface area contributed by atoms with Crippen molar-refractivity contribution in [2.75, 3.05) is 25.3 Å². The molecule has 0 aliphatic carbocycles. The summed E-state index contributed by atoms with van der Waals surface area (Å²) >= 11 is 1.26. The summed E-state index contributed by atoms with van der Waals surface area (Å²) in [6.07, 6.45) is 2.38.